The van der Waals surface area contributed by atoms with Crippen molar-refractivity contribution in [2.45, 2.75) is 43.2 Å². The average Bonchev–Trinajstić information content (AvgIpc) is 2.46. The van der Waals surface area contributed by atoms with Crippen LogP contribution in [0.1, 0.15) is 24.5 Å². The zero-order valence-electron chi connectivity index (χ0n) is 12.5. The Hall–Kier alpha value is -0.190. The molecule has 1 aromatic rings. The van der Waals surface area contributed by atoms with Gasteiger partial charge in [0.1, 0.15) is 5.82 Å². The highest BCUT2D eigenvalue weighted by Crippen LogP contribution is 2.36. The largest absolute Gasteiger partial charge is 0.316 e. The molecule has 0 aliphatic carbocycles. The van der Waals surface area contributed by atoms with Crippen LogP contribution in [0.2, 0.25) is 0 Å². The summed E-state index contributed by atoms with van der Waals surface area (Å²) >= 11 is 4.21. The molecule has 1 aromatic carbocycles. The van der Waals surface area contributed by atoms with Crippen LogP contribution in [0.5, 0.6) is 0 Å². The van der Waals surface area contributed by atoms with E-state index in [1.54, 1.807) is 12.1 Å². The third-order valence-corrected chi connectivity index (χ3v) is 7.41. The van der Waals surface area contributed by atoms with Crippen molar-refractivity contribution in [3.8, 4) is 0 Å². The lowest BCUT2D eigenvalue weighted by Crippen LogP contribution is -2.45. The van der Waals surface area contributed by atoms with Gasteiger partial charge in [-0.25, -0.2) is 4.39 Å². The number of likely N-dealkylation sites (N-methyl/N-ethyl adjacent to an activating group) is 1. The van der Waals surface area contributed by atoms with Gasteiger partial charge in [0.05, 0.1) is 0 Å². The zero-order valence-corrected chi connectivity index (χ0v) is 14.1. The van der Waals surface area contributed by atoms with Gasteiger partial charge in [-0.05, 0) is 50.1 Å². The molecule has 1 nitrogen and oxygen atoms in total. The third kappa shape index (κ3) is 3.92. The number of hydrogen-bond donors (Lipinski definition) is 1. The van der Waals surface area contributed by atoms with Crippen LogP contribution in [0.25, 0.3) is 0 Å². The quantitative estimate of drug-likeness (QED) is 0.885. The molecule has 1 aliphatic rings. The fraction of sp³-hybridized carbons (Fsp3) is 0.625. The molecule has 0 amide bonds. The summed E-state index contributed by atoms with van der Waals surface area (Å²) in [6.07, 6.45) is 2.21. The Morgan fingerprint density at radius 1 is 1.35 bits per heavy atom. The zero-order chi connectivity index (χ0) is 14.5. The first-order chi connectivity index (χ1) is 9.65. The van der Waals surface area contributed by atoms with Crippen molar-refractivity contribution in [3.05, 3.63) is 35.1 Å². The predicted molar refractivity (Wildman–Crippen MR) is 90.5 cm³/mol. The van der Waals surface area contributed by atoms with Crippen molar-refractivity contribution in [1.82, 2.24) is 5.32 Å². The molecular formula is C16H24FNS2. The van der Waals surface area contributed by atoms with Crippen LogP contribution in [0.3, 0.4) is 0 Å². The summed E-state index contributed by atoms with van der Waals surface area (Å²) in [7, 11) is 2.05. The first kappa shape index (κ1) is 16.2. The Balaban J connectivity index is 2.11. The number of benzene rings is 1. The lowest BCUT2D eigenvalue weighted by atomic mass is 9.97. The van der Waals surface area contributed by atoms with Crippen molar-refractivity contribution < 1.29 is 4.39 Å². The van der Waals surface area contributed by atoms with E-state index in [0.29, 0.717) is 11.3 Å². The second-order valence-corrected chi connectivity index (χ2v) is 7.96. The normalized spacial score (nSPS) is 24.6. The van der Waals surface area contributed by atoms with Crippen LogP contribution in [0, 0.1) is 12.7 Å². The molecule has 4 heteroatoms. The molecule has 3 atom stereocenters. The van der Waals surface area contributed by atoms with Crippen molar-refractivity contribution in [2.75, 3.05) is 18.6 Å². The minimum atomic E-state index is -0.138. The van der Waals surface area contributed by atoms with Crippen LogP contribution in [-0.2, 0) is 6.42 Å². The summed E-state index contributed by atoms with van der Waals surface area (Å²) in [5.41, 5.74) is 2.32. The summed E-state index contributed by atoms with van der Waals surface area (Å²) in [5.74, 6) is 2.37. The van der Waals surface area contributed by atoms with Gasteiger partial charge in [0.25, 0.3) is 0 Å². The molecule has 1 aliphatic heterocycles. The average molecular weight is 314 g/mol. The number of hydrogen-bond acceptors (Lipinski definition) is 3. The van der Waals surface area contributed by atoms with Gasteiger partial charge in [0.15, 0.2) is 0 Å². The van der Waals surface area contributed by atoms with Crippen LogP contribution in [0.4, 0.5) is 4.39 Å². The van der Waals surface area contributed by atoms with E-state index in [9.17, 15) is 4.39 Å². The van der Waals surface area contributed by atoms with Gasteiger partial charge in [-0.3, -0.25) is 0 Å². The summed E-state index contributed by atoms with van der Waals surface area (Å²) in [6, 6.07) is 5.62. The molecular weight excluding hydrogens is 289 g/mol. The van der Waals surface area contributed by atoms with Crippen LogP contribution in [0.15, 0.2) is 18.2 Å². The molecule has 1 saturated heterocycles. The molecule has 0 aromatic heterocycles. The standard InChI is InChI=1S/C16H24FNS2/c1-4-15-16(20-8-7-19-15)14(18-3)10-12-5-6-13(17)9-11(12)2/h5-6,9,14-16,18H,4,7-8,10H2,1-3H3. The number of thioether (sulfide) groups is 2. The number of halogens is 1. The summed E-state index contributed by atoms with van der Waals surface area (Å²) in [6.45, 7) is 4.29. The number of nitrogens with one attached hydrogen (secondary N) is 1. The maximum absolute atomic E-state index is 13.2. The summed E-state index contributed by atoms with van der Waals surface area (Å²) in [4.78, 5) is 0. The monoisotopic (exact) mass is 313 g/mol. The second-order valence-electron chi connectivity index (χ2n) is 5.32. The fourth-order valence-corrected chi connectivity index (χ4v) is 6.12. The minimum absolute atomic E-state index is 0.138. The van der Waals surface area contributed by atoms with E-state index in [-0.39, 0.29) is 5.82 Å². The molecule has 3 unspecified atom stereocenters. The van der Waals surface area contributed by atoms with E-state index < -0.39 is 0 Å². The molecule has 2 rings (SSSR count). The van der Waals surface area contributed by atoms with E-state index in [1.807, 2.05) is 13.0 Å². The van der Waals surface area contributed by atoms with Gasteiger partial charge in [0.2, 0.25) is 0 Å². The fourth-order valence-electron chi connectivity index (χ4n) is 2.82. The Morgan fingerprint density at radius 2 is 2.10 bits per heavy atom. The number of rotatable bonds is 5. The second kappa shape index (κ2) is 7.71. The molecule has 1 fully saturated rings. The van der Waals surface area contributed by atoms with E-state index in [4.69, 9.17) is 0 Å². The molecule has 1 N–H and O–H groups in total. The van der Waals surface area contributed by atoms with Crippen molar-refractivity contribution in [2.24, 2.45) is 0 Å². The Labute approximate surface area is 130 Å². The van der Waals surface area contributed by atoms with Crippen molar-refractivity contribution in [3.63, 3.8) is 0 Å². The Bertz CT molecular complexity index is 438. The molecule has 0 spiro atoms. The van der Waals surface area contributed by atoms with Gasteiger partial charge in [0, 0.05) is 28.0 Å². The van der Waals surface area contributed by atoms with Crippen LogP contribution >= 0.6 is 23.5 Å². The van der Waals surface area contributed by atoms with Crippen molar-refractivity contribution >= 4 is 23.5 Å². The van der Waals surface area contributed by atoms with E-state index >= 15 is 0 Å². The molecule has 0 saturated carbocycles. The molecule has 0 bridgehead atoms. The van der Waals surface area contributed by atoms with Crippen LogP contribution < -0.4 is 5.32 Å². The first-order valence-electron chi connectivity index (χ1n) is 7.31. The highest BCUT2D eigenvalue weighted by Gasteiger charge is 2.31. The Morgan fingerprint density at radius 3 is 2.75 bits per heavy atom. The highest BCUT2D eigenvalue weighted by molar-refractivity contribution is 8.07. The smallest absolute Gasteiger partial charge is 0.123 e. The first-order valence-corrected chi connectivity index (χ1v) is 9.41. The van der Waals surface area contributed by atoms with Gasteiger partial charge in [-0.1, -0.05) is 13.0 Å². The highest BCUT2D eigenvalue weighted by atomic mass is 32.2. The van der Waals surface area contributed by atoms with E-state index in [0.717, 1.165) is 17.2 Å². The molecule has 20 heavy (non-hydrogen) atoms. The lowest BCUT2D eigenvalue weighted by Gasteiger charge is -2.36. The SMILES string of the molecule is CCC1SCCSC1C(Cc1ccc(F)cc1C)NC. The van der Waals surface area contributed by atoms with E-state index in [1.165, 1.54) is 23.5 Å². The van der Waals surface area contributed by atoms with Crippen molar-refractivity contribution in [1.29, 1.82) is 0 Å². The number of aryl methyl sites for hydroxylation is 1. The van der Waals surface area contributed by atoms with Gasteiger partial charge in [-0.15, -0.1) is 0 Å². The third-order valence-electron chi connectivity index (χ3n) is 4.01. The topological polar surface area (TPSA) is 12.0 Å². The molecule has 1 heterocycles. The molecule has 112 valence electrons. The van der Waals surface area contributed by atoms with Gasteiger partial charge >= 0.3 is 0 Å². The summed E-state index contributed by atoms with van der Waals surface area (Å²) < 4.78 is 13.2. The van der Waals surface area contributed by atoms with E-state index in [2.05, 4.69) is 42.8 Å². The maximum Gasteiger partial charge on any atom is 0.123 e. The lowest BCUT2D eigenvalue weighted by molar-refractivity contribution is 0.515. The molecule has 0 radical (unpaired) electrons. The minimum Gasteiger partial charge on any atom is -0.316 e. The predicted octanol–water partition coefficient (Wildman–Crippen LogP) is 3.89. The Kier molecular flexibility index (Phi) is 6.24. The summed E-state index contributed by atoms with van der Waals surface area (Å²) in [5, 5.41) is 4.87. The van der Waals surface area contributed by atoms with Gasteiger partial charge < -0.3 is 5.32 Å². The van der Waals surface area contributed by atoms with Crippen LogP contribution in [-0.4, -0.2) is 35.1 Å². The maximum atomic E-state index is 13.2. The van der Waals surface area contributed by atoms with Gasteiger partial charge in [-0.2, -0.15) is 23.5 Å².